The third-order valence-corrected chi connectivity index (χ3v) is 9.70. The van der Waals surface area contributed by atoms with Gasteiger partial charge >= 0.3 is 0 Å². The Morgan fingerprint density at radius 3 is 2.65 bits per heavy atom. The highest BCUT2D eigenvalue weighted by molar-refractivity contribution is 5.91. The fourth-order valence-corrected chi connectivity index (χ4v) is 8.33. The number of rotatable bonds is 5. The van der Waals surface area contributed by atoms with Gasteiger partial charge in [-0.2, -0.15) is 0 Å². The lowest BCUT2D eigenvalue weighted by Crippen LogP contribution is -2.56. The summed E-state index contributed by atoms with van der Waals surface area (Å²) in [5.41, 5.74) is -0.171. The Kier molecular flexibility index (Phi) is 6.07. The van der Waals surface area contributed by atoms with E-state index in [9.17, 15) is 20.1 Å². The fourth-order valence-electron chi connectivity index (χ4n) is 8.33. The van der Waals surface area contributed by atoms with Crippen molar-refractivity contribution in [2.24, 2.45) is 40.4 Å². The summed E-state index contributed by atoms with van der Waals surface area (Å²) < 4.78 is 0. The second-order valence-electron chi connectivity index (χ2n) is 11.9. The summed E-state index contributed by atoms with van der Waals surface area (Å²) in [4.78, 5) is 12.0. The van der Waals surface area contributed by atoms with Gasteiger partial charge < -0.3 is 15.3 Å². The maximum absolute atomic E-state index is 12.0. The molecule has 3 fully saturated rings. The van der Waals surface area contributed by atoms with Crippen LogP contribution in [0.4, 0.5) is 0 Å². The van der Waals surface area contributed by atoms with E-state index in [1.807, 2.05) is 25.2 Å². The summed E-state index contributed by atoms with van der Waals surface area (Å²) in [5, 5.41) is 33.4. The zero-order chi connectivity index (χ0) is 22.6. The van der Waals surface area contributed by atoms with E-state index < -0.39 is 17.1 Å². The topological polar surface area (TPSA) is 77.8 Å². The largest absolute Gasteiger partial charge is 0.396 e. The van der Waals surface area contributed by atoms with E-state index in [0.29, 0.717) is 30.6 Å². The summed E-state index contributed by atoms with van der Waals surface area (Å²) in [6, 6.07) is 0. The van der Waals surface area contributed by atoms with Gasteiger partial charge in [-0.05, 0) is 87.0 Å². The van der Waals surface area contributed by atoms with Crippen LogP contribution < -0.4 is 0 Å². The molecule has 4 aliphatic rings. The maximum Gasteiger partial charge on any atom is 0.155 e. The molecule has 0 unspecified atom stereocenters. The molecule has 0 aromatic rings. The van der Waals surface area contributed by atoms with Crippen molar-refractivity contribution in [1.29, 1.82) is 0 Å². The van der Waals surface area contributed by atoms with E-state index in [1.165, 1.54) is 5.57 Å². The van der Waals surface area contributed by atoms with Crippen LogP contribution in [0.1, 0.15) is 79.1 Å². The van der Waals surface area contributed by atoms with E-state index in [1.54, 1.807) is 0 Å². The van der Waals surface area contributed by atoms with Crippen LogP contribution in [0.15, 0.2) is 23.8 Å². The normalized spacial score (nSPS) is 44.6. The molecular weight excluding hydrogens is 388 g/mol. The Morgan fingerprint density at radius 1 is 1.23 bits per heavy atom. The molecule has 8 atom stereocenters. The molecule has 4 aliphatic carbocycles. The van der Waals surface area contributed by atoms with Gasteiger partial charge in [0.2, 0.25) is 0 Å². The smallest absolute Gasteiger partial charge is 0.155 e. The minimum Gasteiger partial charge on any atom is -0.396 e. The van der Waals surface area contributed by atoms with E-state index in [0.717, 1.165) is 38.5 Å². The van der Waals surface area contributed by atoms with Crippen LogP contribution in [0.5, 0.6) is 0 Å². The number of hydrogen-bond acceptors (Lipinski definition) is 4. The summed E-state index contributed by atoms with van der Waals surface area (Å²) in [7, 11) is 0. The Bertz CT molecular complexity index is 765. The van der Waals surface area contributed by atoms with Crippen LogP contribution in [-0.2, 0) is 4.79 Å². The van der Waals surface area contributed by atoms with Crippen molar-refractivity contribution in [3.05, 3.63) is 23.8 Å². The molecule has 0 bridgehead atoms. The standard InChI is InChI=1S/C27H42O4/c1-17(2)6-5-11-26(4,31)24-23(30)15-22-20-8-7-18-14-19(29)9-12-25(18,3)21(20)10-13-27(22,24)16-28/h5,11,14,17,20-24,28,30-31H,6-10,12-13,15-16H2,1-4H3/b11-5+/t20-,21-,22+,23+,24-,25+,26+,27-/m1/s1. The molecule has 4 nitrogen and oxygen atoms in total. The third kappa shape index (κ3) is 3.67. The monoisotopic (exact) mass is 430 g/mol. The van der Waals surface area contributed by atoms with Crippen molar-refractivity contribution in [2.75, 3.05) is 6.61 Å². The molecular formula is C27H42O4. The predicted molar refractivity (Wildman–Crippen MR) is 122 cm³/mol. The molecule has 174 valence electrons. The van der Waals surface area contributed by atoms with Crippen molar-refractivity contribution in [1.82, 2.24) is 0 Å². The van der Waals surface area contributed by atoms with Crippen LogP contribution in [0, 0.1) is 40.4 Å². The van der Waals surface area contributed by atoms with Crippen LogP contribution in [0.2, 0.25) is 0 Å². The highest BCUT2D eigenvalue weighted by Crippen LogP contribution is 2.67. The molecule has 0 aromatic heterocycles. The van der Waals surface area contributed by atoms with Gasteiger partial charge in [0.1, 0.15) is 0 Å². The molecule has 0 heterocycles. The summed E-state index contributed by atoms with van der Waals surface area (Å²) in [6.07, 6.45) is 12.2. The average molecular weight is 431 g/mol. The molecule has 4 rings (SSSR count). The molecule has 0 radical (unpaired) electrons. The Hall–Kier alpha value is -0.970. The molecule has 0 aliphatic heterocycles. The van der Waals surface area contributed by atoms with Crippen molar-refractivity contribution in [2.45, 2.75) is 90.8 Å². The van der Waals surface area contributed by atoms with Gasteiger partial charge in [0.25, 0.3) is 0 Å². The summed E-state index contributed by atoms with van der Waals surface area (Å²) in [6.45, 7) is 8.50. The molecule has 31 heavy (non-hydrogen) atoms. The highest BCUT2D eigenvalue weighted by Gasteiger charge is 2.65. The van der Waals surface area contributed by atoms with Crippen LogP contribution in [0.3, 0.4) is 0 Å². The second kappa shape index (κ2) is 8.11. The van der Waals surface area contributed by atoms with Gasteiger partial charge in [-0.15, -0.1) is 0 Å². The lowest BCUT2D eigenvalue weighted by atomic mass is 9.46. The minimum absolute atomic E-state index is 0.0225. The number of fused-ring (bicyclic) bond motifs is 5. The van der Waals surface area contributed by atoms with Crippen LogP contribution in [0.25, 0.3) is 0 Å². The molecule has 3 N–H and O–H groups in total. The number of aliphatic hydroxyl groups excluding tert-OH is 2. The average Bonchev–Trinajstić information content (AvgIpc) is 3.01. The van der Waals surface area contributed by atoms with Gasteiger partial charge in [0.15, 0.2) is 5.78 Å². The lowest BCUT2D eigenvalue weighted by molar-refractivity contribution is -0.132. The van der Waals surface area contributed by atoms with Gasteiger partial charge in [0.05, 0.1) is 11.7 Å². The number of allylic oxidation sites excluding steroid dienone is 2. The first-order valence-electron chi connectivity index (χ1n) is 12.5. The zero-order valence-corrected chi connectivity index (χ0v) is 19.8. The third-order valence-electron chi connectivity index (χ3n) is 9.70. The van der Waals surface area contributed by atoms with E-state index in [2.05, 4.69) is 20.8 Å². The summed E-state index contributed by atoms with van der Waals surface area (Å²) >= 11 is 0. The molecule has 0 aromatic carbocycles. The number of carbonyl (C=O) groups excluding carboxylic acids is 1. The first-order chi connectivity index (χ1) is 14.5. The second-order valence-corrected chi connectivity index (χ2v) is 11.9. The molecule has 0 amide bonds. The minimum atomic E-state index is -1.14. The SMILES string of the molecule is CC(C)C/C=C/[C@](C)(O)[C@H]1[C@@H](O)C[C@H]2[C@@H]3CCC4=CC(=O)CC[C@]4(C)[C@@H]3CC[C@@]21CO. The predicted octanol–water partition coefficient (Wildman–Crippen LogP) is 4.43. The van der Waals surface area contributed by atoms with E-state index in [4.69, 9.17) is 0 Å². The Balaban J connectivity index is 1.65. The molecule has 4 heteroatoms. The van der Waals surface area contributed by atoms with Crippen molar-refractivity contribution in [3.63, 3.8) is 0 Å². The van der Waals surface area contributed by atoms with Crippen molar-refractivity contribution < 1.29 is 20.1 Å². The summed E-state index contributed by atoms with van der Waals surface area (Å²) in [5.74, 6) is 1.59. The zero-order valence-electron chi connectivity index (χ0n) is 19.8. The van der Waals surface area contributed by atoms with Crippen LogP contribution in [-0.4, -0.2) is 39.4 Å². The van der Waals surface area contributed by atoms with Crippen molar-refractivity contribution >= 4 is 5.78 Å². The molecule has 0 spiro atoms. The maximum atomic E-state index is 12.0. The van der Waals surface area contributed by atoms with E-state index in [-0.39, 0.29) is 29.6 Å². The van der Waals surface area contributed by atoms with Gasteiger partial charge in [-0.3, -0.25) is 4.79 Å². The Labute approximate surface area is 187 Å². The van der Waals surface area contributed by atoms with Crippen molar-refractivity contribution in [3.8, 4) is 0 Å². The van der Waals surface area contributed by atoms with Crippen LogP contribution >= 0.6 is 0 Å². The number of ketones is 1. The Morgan fingerprint density at radius 2 is 1.97 bits per heavy atom. The highest BCUT2D eigenvalue weighted by atomic mass is 16.3. The first kappa shape index (κ1) is 23.2. The molecule has 0 saturated heterocycles. The molecule has 3 saturated carbocycles. The number of carbonyl (C=O) groups is 1. The number of aliphatic hydroxyl groups is 3. The van der Waals surface area contributed by atoms with Gasteiger partial charge in [-0.25, -0.2) is 0 Å². The van der Waals surface area contributed by atoms with Gasteiger partial charge in [-0.1, -0.05) is 38.5 Å². The quantitative estimate of drug-likeness (QED) is 0.564. The van der Waals surface area contributed by atoms with E-state index >= 15 is 0 Å². The van der Waals surface area contributed by atoms with Gasteiger partial charge in [0, 0.05) is 24.4 Å². The first-order valence-corrected chi connectivity index (χ1v) is 12.5. The lowest BCUT2D eigenvalue weighted by Gasteiger charge is -2.59. The number of hydrogen-bond donors (Lipinski definition) is 3. The fraction of sp³-hybridized carbons (Fsp3) is 0.815.